The molecule has 2 nitrogen and oxygen atoms in total. The van der Waals surface area contributed by atoms with Gasteiger partial charge in [-0.15, -0.1) is 0 Å². The van der Waals surface area contributed by atoms with Crippen LogP contribution in [0.15, 0.2) is 22.8 Å². The first kappa shape index (κ1) is 14.7. The van der Waals surface area contributed by atoms with Crippen molar-refractivity contribution in [3.8, 4) is 0 Å². The van der Waals surface area contributed by atoms with Crippen molar-refractivity contribution in [1.29, 1.82) is 0 Å². The molecule has 0 amide bonds. The fourth-order valence-corrected chi connectivity index (χ4v) is 5.13. The number of halogens is 1. The number of aliphatic hydroxyl groups is 1. The normalized spacial score (nSPS) is 30.1. The Labute approximate surface area is 125 Å². The van der Waals surface area contributed by atoms with Gasteiger partial charge in [-0.1, -0.05) is 13.8 Å². The molecule has 0 aliphatic carbocycles. The van der Waals surface area contributed by atoms with Crippen LogP contribution in [0, 0.1) is 0 Å². The maximum atomic E-state index is 10.3. The van der Waals surface area contributed by atoms with Crippen molar-refractivity contribution < 1.29 is 5.11 Å². The number of hydrogen-bond acceptors (Lipinski definition) is 4. The molecule has 4 unspecified atom stereocenters. The maximum absolute atomic E-state index is 10.3. The molecule has 1 aliphatic heterocycles. The molecule has 1 N–H and O–H groups in total. The molecule has 0 saturated carbocycles. The highest BCUT2D eigenvalue weighted by molar-refractivity contribution is 9.10. The summed E-state index contributed by atoms with van der Waals surface area (Å²) in [5.74, 6) is 1.04. The molecule has 0 spiro atoms. The number of pyridine rings is 1. The molecular weight excluding hydrogens is 330 g/mol. The van der Waals surface area contributed by atoms with Gasteiger partial charge in [0, 0.05) is 44.3 Å². The third-order valence-corrected chi connectivity index (χ3v) is 7.22. The highest BCUT2D eigenvalue weighted by Crippen LogP contribution is 2.37. The topological polar surface area (TPSA) is 33.1 Å². The number of aromatic nitrogens is 1. The van der Waals surface area contributed by atoms with Crippen molar-refractivity contribution in [3.05, 3.63) is 28.5 Å². The van der Waals surface area contributed by atoms with E-state index in [0.29, 0.717) is 22.2 Å². The van der Waals surface area contributed by atoms with E-state index in [1.54, 1.807) is 6.20 Å². The summed E-state index contributed by atoms with van der Waals surface area (Å²) >= 11 is 7.25. The second kappa shape index (κ2) is 6.64. The van der Waals surface area contributed by atoms with E-state index in [1.807, 2.05) is 35.7 Å². The van der Waals surface area contributed by atoms with Gasteiger partial charge >= 0.3 is 0 Å². The van der Waals surface area contributed by atoms with E-state index >= 15 is 0 Å². The average Bonchev–Trinajstić information content (AvgIpc) is 2.35. The van der Waals surface area contributed by atoms with Gasteiger partial charge in [-0.2, -0.15) is 23.5 Å². The van der Waals surface area contributed by atoms with E-state index in [0.717, 1.165) is 15.9 Å². The lowest BCUT2D eigenvalue weighted by Crippen LogP contribution is -2.35. The van der Waals surface area contributed by atoms with Crippen molar-refractivity contribution in [2.45, 2.75) is 42.1 Å². The Balaban J connectivity index is 1.91. The minimum absolute atomic E-state index is 0.300. The first-order chi connectivity index (χ1) is 8.56. The number of hydrogen-bond donors (Lipinski definition) is 1. The molecule has 1 fully saturated rings. The Morgan fingerprint density at radius 3 is 2.83 bits per heavy atom. The summed E-state index contributed by atoms with van der Waals surface area (Å²) in [4.78, 5) is 4.32. The Bertz CT molecular complexity index is 387. The first-order valence-electron chi connectivity index (χ1n) is 6.12. The molecule has 100 valence electrons. The molecule has 18 heavy (non-hydrogen) atoms. The Hall–Kier alpha value is 0.290. The number of rotatable bonds is 3. The van der Waals surface area contributed by atoms with Crippen LogP contribution in [0.1, 0.15) is 19.5 Å². The van der Waals surface area contributed by atoms with Crippen LogP contribution in [-0.4, -0.2) is 37.7 Å². The molecule has 5 heteroatoms. The summed E-state index contributed by atoms with van der Waals surface area (Å²) in [6.45, 7) is 4.51. The minimum Gasteiger partial charge on any atom is -0.392 e. The molecule has 4 atom stereocenters. The Morgan fingerprint density at radius 1 is 1.44 bits per heavy atom. The second-order valence-electron chi connectivity index (χ2n) is 4.66. The van der Waals surface area contributed by atoms with Gasteiger partial charge in [0.15, 0.2) is 0 Å². The largest absolute Gasteiger partial charge is 0.392 e. The number of nitrogens with zero attached hydrogens (tertiary/aromatic N) is 1. The molecular formula is C13H18BrNOS2. The lowest BCUT2D eigenvalue weighted by molar-refractivity contribution is 0.176. The molecule has 0 aromatic carbocycles. The molecule has 1 aromatic heterocycles. The fourth-order valence-electron chi connectivity index (χ4n) is 1.88. The fraction of sp³-hybridized carbons (Fsp3) is 0.615. The van der Waals surface area contributed by atoms with Crippen molar-refractivity contribution in [2.24, 2.45) is 0 Å². The van der Waals surface area contributed by atoms with Gasteiger partial charge in [0.1, 0.15) is 0 Å². The molecule has 1 aliphatic rings. The second-order valence-corrected chi connectivity index (χ2v) is 8.60. The van der Waals surface area contributed by atoms with Crippen LogP contribution in [0.4, 0.5) is 0 Å². The van der Waals surface area contributed by atoms with Crippen LogP contribution in [0.25, 0.3) is 0 Å². The summed E-state index contributed by atoms with van der Waals surface area (Å²) in [5.41, 5.74) is 0.961. The van der Waals surface area contributed by atoms with Crippen molar-refractivity contribution in [1.82, 2.24) is 4.98 Å². The zero-order valence-corrected chi connectivity index (χ0v) is 13.8. The summed E-state index contributed by atoms with van der Waals surface area (Å²) in [7, 11) is 0. The molecule has 1 saturated heterocycles. The highest BCUT2D eigenvalue weighted by Gasteiger charge is 2.30. The molecule has 0 radical (unpaired) electrons. The van der Waals surface area contributed by atoms with E-state index < -0.39 is 0 Å². The van der Waals surface area contributed by atoms with Gasteiger partial charge in [0.05, 0.1) is 6.10 Å². The van der Waals surface area contributed by atoms with Crippen LogP contribution < -0.4 is 0 Å². The monoisotopic (exact) mass is 347 g/mol. The Kier molecular flexibility index (Phi) is 5.42. The predicted molar refractivity (Wildman–Crippen MR) is 84.4 cm³/mol. The summed E-state index contributed by atoms with van der Waals surface area (Å²) in [5, 5.41) is 11.9. The Morgan fingerprint density at radius 2 is 2.22 bits per heavy atom. The van der Waals surface area contributed by atoms with Gasteiger partial charge in [-0.25, -0.2) is 0 Å². The van der Waals surface area contributed by atoms with Crippen molar-refractivity contribution in [3.63, 3.8) is 0 Å². The third kappa shape index (κ3) is 3.89. The molecule has 0 bridgehead atoms. The predicted octanol–water partition coefficient (Wildman–Crippen LogP) is 3.37. The standard InChI is InChI=1S/C13H18BrNOS2/c1-8-9(2)18-13(7-17-8)12(16)5-11-4-3-10(14)6-15-11/h3-4,6,8-9,12-13,16H,5,7H2,1-2H3. The summed E-state index contributed by atoms with van der Waals surface area (Å²) < 4.78 is 0.978. The van der Waals surface area contributed by atoms with Gasteiger partial charge in [-0.05, 0) is 28.1 Å². The van der Waals surface area contributed by atoms with E-state index in [2.05, 4.69) is 34.8 Å². The zero-order chi connectivity index (χ0) is 13.1. The van der Waals surface area contributed by atoms with Gasteiger partial charge in [-0.3, -0.25) is 4.98 Å². The van der Waals surface area contributed by atoms with Crippen molar-refractivity contribution >= 4 is 39.5 Å². The van der Waals surface area contributed by atoms with Crippen LogP contribution in [0.5, 0.6) is 0 Å². The quantitative estimate of drug-likeness (QED) is 0.908. The van der Waals surface area contributed by atoms with Crippen LogP contribution in [0.2, 0.25) is 0 Å². The van der Waals surface area contributed by atoms with Crippen LogP contribution in [-0.2, 0) is 6.42 Å². The summed E-state index contributed by atoms with van der Waals surface area (Å²) in [6.07, 6.45) is 2.13. The lowest BCUT2D eigenvalue weighted by atomic mass is 10.1. The lowest BCUT2D eigenvalue weighted by Gasteiger charge is -2.33. The van der Waals surface area contributed by atoms with E-state index in [-0.39, 0.29) is 6.10 Å². The van der Waals surface area contributed by atoms with E-state index in [1.165, 1.54) is 0 Å². The van der Waals surface area contributed by atoms with Gasteiger partial charge in [0.2, 0.25) is 0 Å². The molecule has 1 aromatic rings. The molecule has 2 heterocycles. The summed E-state index contributed by atoms with van der Waals surface area (Å²) in [6, 6.07) is 3.95. The van der Waals surface area contributed by atoms with Crippen LogP contribution >= 0.6 is 39.5 Å². The van der Waals surface area contributed by atoms with Gasteiger partial charge < -0.3 is 5.11 Å². The van der Waals surface area contributed by atoms with Gasteiger partial charge in [0.25, 0.3) is 0 Å². The minimum atomic E-state index is -0.300. The number of aliphatic hydroxyl groups excluding tert-OH is 1. The zero-order valence-electron chi connectivity index (χ0n) is 10.5. The SMILES string of the molecule is CC1SCC(C(O)Cc2ccc(Br)cn2)SC1C. The number of thioether (sulfide) groups is 2. The molecule has 2 rings (SSSR count). The highest BCUT2D eigenvalue weighted by atomic mass is 79.9. The average molecular weight is 348 g/mol. The van der Waals surface area contributed by atoms with E-state index in [9.17, 15) is 5.11 Å². The maximum Gasteiger partial charge on any atom is 0.0722 e. The third-order valence-electron chi connectivity index (χ3n) is 3.21. The van der Waals surface area contributed by atoms with Crippen LogP contribution in [0.3, 0.4) is 0 Å². The first-order valence-corrected chi connectivity index (χ1v) is 8.90. The smallest absolute Gasteiger partial charge is 0.0722 e. The van der Waals surface area contributed by atoms with Crippen molar-refractivity contribution in [2.75, 3.05) is 5.75 Å². The van der Waals surface area contributed by atoms with E-state index in [4.69, 9.17) is 0 Å².